The predicted octanol–water partition coefficient (Wildman–Crippen LogP) is 3.79. The molecule has 0 radical (unpaired) electrons. The third-order valence-corrected chi connectivity index (χ3v) is 6.21. The normalized spacial score (nSPS) is 18.5. The standard InChI is InChI=1S/C24H30N4O3/c1-16(2)17-4-8-21(9-5-17)27(3)22-10-6-18(12-25-22)19-13-28(14-19)23(29)11-7-20-15-31-24(30)26-20/h4-6,8-10,12,16,19-20H,7,11,13-15H2,1-3H3,(H,26,30)/t20-/m1/s1. The quantitative estimate of drug-likeness (QED) is 0.735. The molecule has 1 aromatic heterocycles. The third-order valence-electron chi connectivity index (χ3n) is 6.21. The first-order valence-electron chi connectivity index (χ1n) is 10.9. The number of hydrogen-bond acceptors (Lipinski definition) is 5. The maximum atomic E-state index is 12.4. The highest BCUT2D eigenvalue weighted by molar-refractivity contribution is 5.77. The number of alkyl carbamates (subject to hydrolysis) is 1. The molecule has 0 aliphatic carbocycles. The predicted molar refractivity (Wildman–Crippen MR) is 120 cm³/mol. The van der Waals surface area contributed by atoms with Gasteiger partial charge in [-0.1, -0.05) is 32.0 Å². The number of carbonyl (C=O) groups is 2. The third kappa shape index (κ3) is 4.81. The molecule has 164 valence electrons. The zero-order chi connectivity index (χ0) is 22.0. The van der Waals surface area contributed by atoms with Gasteiger partial charge in [-0.15, -0.1) is 0 Å². The first-order chi connectivity index (χ1) is 14.9. The molecule has 2 fully saturated rings. The summed E-state index contributed by atoms with van der Waals surface area (Å²) in [4.78, 5) is 32.0. The van der Waals surface area contributed by atoms with E-state index in [9.17, 15) is 9.59 Å². The topological polar surface area (TPSA) is 74.8 Å². The number of likely N-dealkylation sites (tertiary alicyclic amines) is 1. The van der Waals surface area contributed by atoms with Crippen molar-refractivity contribution < 1.29 is 14.3 Å². The monoisotopic (exact) mass is 422 g/mol. The summed E-state index contributed by atoms with van der Waals surface area (Å²) in [6.45, 7) is 6.18. The molecule has 2 saturated heterocycles. The van der Waals surface area contributed by atoms with Crippen molar-refractivity contribution in [3.8, 4) is 0 Å². The fraction of sp³-hybridized carbons (Fsp3) is 0.458. The Labute approximate surface area is 183 Å². The summed E-state index contributed by atoms with van der Waals surface area (Å²) in [5.41, 5.74) is 3.59. The van der Waals surface area contributed by atoms with Crippen LogP contribution in [0.5, 0.6) is 0 Å². The van der Waals surface area contributed by atoms with Crippen molar-refractivity contribution in [2.75, 3.05) is 31.6 Å². The second-order valence-electron chi connectivity index (χ2n) is 8.73. The highest BCUT2D eigenvalue weighted by Crippen LogP contribution is 2.30. The SMILES string of the molecule is CC(C)c1ccc(N(C)c2ccc(C3CN(C(=O)CC[C@@H]4COC(=O)N4)C3)cn2)cc1. The summed E-state index contributed by atoms with van der Waals surface area (Å²) in [5.74, 6) is 1.87. The lowest BCUT2D eigenvalue weighted by molar-refractivity contribution is -0.135. The van der Waals surface area contributed by atoms with Gasteiger partial charge in [0.25, 0.3) is 0 Å². The van der Waals surface area contributed by atoms with E-state index in [2.05, 4.69) is 59.4 Å². The maximum absolute atomic E-state index is 12.4. The van der Waals surface area contributed by atoms with Gasteiger partial charge in [-0.25, -0.2) is 9.78 Å². The number of nitrogens with zero attached hydrogens (tertiary/aromatic N) is 3. The minimum Gasteiger partial charge on any atom is -0.447 e. The Balaban J connectivity index is 1.27. The van der Waals surface area contributed by atoms with Crippen LogP contribution in [-0.2, 0) is 9.53 Å². The summed E-state index contributed by atoms with van der Waals surface area (Å²) >= 11 is 0. The Morgan fingerprint density at radius 1 is 1.23 bits per heavy atom. The van der Waals surface area contributed by atoms with Gasteiger partial charge in [0.2, 0.25) is 5.91 Å². The van der Waals surface area contributed by atoms with Crippen molar-refractivity contribution in [3.05, 3.63) is 53.7 Å². The average Bonchev–Trinajstić information content (AvgIpc) is 3.16. The lowest BCUT2D eigenvalue weighted by atomic mass is 9.92. The number of benzene rings is 1. The summed E-state index contributed by atoms with van der Waals surface area (Å²) in [7, 11) is 2.02. The largest absolute Gasteiger partial charge is 0.447 e. The molecule has 2 aliphatic heterocycles. The number of anilines is 2. The van der Waals surface area contributed by atoms with Gasteiger partial charge >= 0.3 is 6.09 Å². The van der Waals surface area contributed by atoms with Gasteiger partial charge in [-0.3, -0.25) is 4.79 Å². The fourth-order valence-electron chi connectivity index (χ4n) is 3.98. The Bertz CT molecular complexity index is 921. The van der Waals surface area contributed by atoms with E-state index in [1.165, 1.54) is 5.56 Å². The average molecular weight is 423 g/mol. The van der Waals surface area contributed by atoms with Crippen LogP contribution in [0.1, 0.15) is 49.7 Å². The smallest absolute Gasteiger partial charge is 0.407 e. The van der Waals surface area contributed by atoms with Crippen LogP contribution in [0.25, 0.3) is 0 Å². The number of nitrogens with one attached hydrogen (secondary N) is 1. The van der Waals surface area contributed by atoms with Crippen LogP contribution >= 0.6 is 0 Å². The summed E-state index contributed by atoms with van der Waals surface area (Å²) in [5, 5.41) is 2.71. The first-order valence-corrected chi connectivity index (χ1v) is 10.9. The van der Waals surface area contributed by atoms with Crippen LogP contribution in [0.3, 0.4) is 0 Å². The fourth-order valence-corrected chi connectivity index (χ4v) is 3.98. The molecule has 2 amide bonds. The summed E-state index contributed by atoms with van der Waals surface area (Å²) < 4.78 is 4.86. The number of rotatable bonds is 7. The number of pyridine rings is 1. The van der Waals surface area contributed by atoms with E-state index < -0.39 is 6.09 Å². The summed E-state index contributed by atoms with van der Waals surface area (Å²) in [6.07, 6.45) is 2.58. The molecule has 0 spiro atoms. The minimum absolute atomic E-state index is 0.0520. The van der Waals surface area contributed by atoms with Crippen LogP contribution < -0.4 is 10.2 Å². The van der Waals surface area contributed by atoms with Gasteiger partial charge in [0.05, 0.1) is 6.04 Å². The van der Waals surface area contributed by atoms with E-state index in [0.717, 1.165) is 30.2 Å². The van der Waals surface area contributed by atoms with Crippen molar-refractivity contribution in [2.45, 2.75) is 44.6 Å². The van der Waals surface area contributed by atoms with Gasteiger partial charge in [0.1, 0.15) is 12.4 Å². The second-order valence-corrected chi connectivity index (χ2v) is 8.73. The molecule has 2 aromatic rings. The van der Waals surface area contributed by atoms with Crippen LogP contribution in [0.2, 0.25) is 0 Å². The number of aromatic nitrogens is 1. The first kappa shape index (κ1) is 21.2. The molecule has 7 nitrogen and oxygen atoms in total. The van der Waals surface area contributed by atoms with Crippen molar-refractivity contribution in [1.29, 1.82) is 0 Å². The van der Waals surface area contributed by atoms with Crippen molar-refractivity contribution in [2.24, 2.45) is 0 Å². The molecule has 4 rings (SSSR count). The second kappa shape index (κ2) is 8.96. The molecular formula is C24H30N4O3. The molecule has 1 atom stereocenters. The lowest BCUT2D eigenvalue weighted by Crippen LogP contribution is -2.48. The number of hydrogen-bond donors (Lipinski definition) is 1. The molecule has 0 unspecified atom stereocenters. The van der Waals surface area contributed by atoms with Crippen molar-refractivity contribution >= 4 is 23.5 Å². The van der Waals surface area contributed by atoms with Crippen LogP contribution in [-0.4, -0.2) is 54.7 Å². The zero-order valence-corrected chi connectivity index (χ0v) is 18.4. The lowest BCUT2D eigenvalue weighted by Gasteiger charge is -2.39. The van der Waals surface area contributed by atoms with E-state index in [1.807, 2.05) is 24.2 Å². The Hall–Kier alpha value is -3.09. The van der Waals surface area contributed by atoms with E-state index in [1.54, 1.807) is 0 Å². The molecule has 31 heavy (non-hydrogen) atoms. The van der Waals surface area contributed by atoms with Crippen molar-refractivity contribution in [1.82, 2.24) is 15.2 Å². The van der Waals surface area contributed by atoms with Crippen molar-refractivity contribution in [3.63, 3.8) is 0 Å². The highest BCUT2D eigenvalue weighted by Gasteiger charge is 2.32. The molecule has 1 aromatic carbocycles. The number of cyclic esters (lactones) is 1. The molecule has 2 aliphatic rings. The van der Waals surface area contributed by atoms with Gasteiger partial charge in [0.15, 0.2) is 0 Å². The van der Waals surface area contributed by atoms with Gasteiger partial charge in [-0.05, 0) is 41.7 Å². The maximum Gasteiger partial charge on any atom is 0.407 e. The number of carbonyl (C=O) groups excluding carboxylic acids is 2. The van der Waals surface area contributed by atoms with Crippen LogP contribution in [0.15, 0.2) is 42.6 Å². The highest BCUT2D eigenvalue weighted by atomic mass is 16.6. The minimum atomic E-state index is -0.393. The molecule has 0 bridgehead atoms. The van der Waals surface area contributed by atoms with Gasteiger partial charge < -0.3 is 19.9 Å². The zero-order valence-electron chi connectivity index (χ0n) is 18.4. The van der Waals surface area contributed by atoms with E-state index in [0.29, 0.717) is 31.3 Å². The molecule has 1 N–H and O–H groups in total. The Kier molecular flexibility index (Phi) is 6.11. The number of ether oxygens (including phenoxy) is 1. The van der Waals surface area contributed by atoms with Gasteiger partial charge in [0, 0.05) is 44.4 Å². The van der Waals surface area contributed by atoms with E-state index >= 15 is 0 Å². The summed E-state index contributed by atoms with van der Waals surface area (Å²) in [6, 6.07) is 12.7. The molecule has 7 heteroatoms. The van der Waals surface area contributed by atoms with Crippen LogP contribution in [0.4, 0.5) is 16.3 Å². The molecular weight excluding hydrogens is 392 g/mol. The van der Waals surface area contributed by atoms with E-state index in [-0.39, 0.29) is 11.9 Å². The molecule has 3 heterocycles. The van der Waals surface area contributed by atoms with Crippen LogP contribution in [0, 0.1) is 0 Å². The Morgan fingerprint density at radius 2 is 1.97 bits per heavy atom. The Morgan fingerprint density at radius 3 is 2.55 bits per heavy atom. The van der Waals surface area contributed by atoms with Gasteiger partial charge in [-0.2, -0.15) is 0 Å². The number of amides is 2. The molecule has 0 saturated carbocycles. The van der Waals surface area contributed by atoms with E-state index in [4.69, 9.17) is 4.74 Å².